The van der Waals surface area contributed by atoms with Crippen molar-refractivity contribution in [2.45, 2.75) is 43.7 Å². The first-order valence-electron chi connectivity index (χ1n) is 7.05. The van der Waals surface area contributed by atoms with Gasteiger partial charge in [0.1, 0.15) is 5.54 Å². The molecule has 0 aromatic rings. The number of rotatable bonds is 2. The second-order valence-corrected chi connectivity index (χ2v) is 8.04. The Hall–Kier alpha value is -0.640. The summed E-state index contributed by atoms with van der Waals surface area (Å²) in [7, 11) is -1.01. The fourth-order valence-corrected chi connectivity index (χ4v) is 4.55. The maximum absolute atomic E-state index is 11.6. The molecule has 1 N–H and O–H groups in total. The lowest BCUT2D eigenvalue weighted by atomic mass is 9.79. The lowest BCUT2D eigenvalue weighted by Crippen LogP contribution is -2.52. The molecule has 6 heteroatoms. The summed E-state index contributed by atoms with van der Waals surface area (Å²) in [6, 6.07) is 2.75. The molecule has 2 fully saturated rings. The van der Waals surface area contributed by atoms with Gasteiger partial charge in [0, 0.05) is 12.6 Å². The lowest BCUT2D eigenvalue weighted by molar-refractivity contribution is 0.131. The van der Waals surface area contributed by atoms with Crippen LogP contribution in [0.3, 0.4) is 0 Å². The van der Waals surface area contributed by atoms with E-state index in [2.05, 4.69) is 16.3 Å². The Bertz CT molecular complexity index is 457. The summed E-state index contributed by atoms with van der Waals surface area (Å²) >= 11 is 0. The van der Waals surface area contributed by atoms with Crippen molar-refractivity contribution in [1.29, 1.82) is 5.26 Å². The van der Waals surface area contributed by atoms with E-state index in [9.17, 15) is 13.7 Å². The van der Waals surface area contributed by atoms with Gasteiger partial charge in [0.15, 0.2) is 9.84 Å². The van der Waals surface area contributed by atoms with Gasteiger partial charge in [-0.1, -0.05) is 0 Å². The van der Waals surface area contributed by atoms with Crippen molar-refractivity contribution in [2.75, 3.05) is 31.6 Å². The van der Waals surface area contributed by atoms with Crippen LogP contribution >= 0.6 is 0 Å². The molecule has 1 saturated heterocycles. The van der Waals surface area contributed by atoms with Crippen molar-refractivity contribution in [2.24, 2.45) is 0 Å². The van der Waals surface area contributed by atoms with E-state index in [1.165, 1.54) is 0 Å². The topological polar surface area (TPSA) is 73.2 Å². The van der Waals surface area contributed by atoms with Gasteiger partial charge in [-0.15, -0.1) is 0 Å². The summed E-state index contributed by atoms with van der Waals surface area (Å²) in [5.41, 5.74) is -0.423. The molecule has 19 heavy (non-hydrogen) atoms. The molecule has 0 spiro atoms. The fraction of sp³-hybridized carbons (Fsp3) is 0.923. The van der Waals surface area contributed by atoms with Crippen LogP contribution in [0.4, 0.5) is 0 Å². The van der Waals surface area contributed by atoms with Gasteiger partial charge in [-0.3, -0.25) is 4.90 Å². The summed E-state index contributed by atoms with van der Waals surface area (Å²) in [4.78, 5) is 2.28. The number of nitrogens with zero attached hydrogens (tertiary/aromatic N) is 2. The number of nitriles is 1. The van der Waals surface area contributed by atoms with E-state index in [0.717, 1.165) is 38.6 Å². The summed E-state index contributed by atoms with van der Waals surface area (Å²) in [5, 5.41) is 12.5. The molecule has 0 radical (unpaired) electrons. The third kappa shape index (κ3) is 3.47. The van der Waals surface area contributed by atoms with Gasteiger partial charge in [0.2, 0.25) is 0 Å². The summed E-state index contributed by atoms with van der Waals surface area (Å²) in [6.07, 6.45) is 4.52. The van der Waals surface area contributed by atoms with Crippen LogP contribution < -0.4 is 5.32 Å². The van der Waals surface area contributed by atoms with Gasteiger partial charge in [-0.2, -0.15) is 5.26 Å². The summed E-state index contributed by atoms with van der Waals surface area (Å²) in [5.74, 6) is 0.578. The molecule has 0 aromatic heterocycles. The summed E-state index contributed by atoms with van der Waals surface area (Å²) < 4.78 is 23.3. The minimum Gasteiger partial charge on any atom is -0.302 e. The molecule has 2 atom stereocenters. The fourth-order valence-electron chi connectivity index (χ4n) is 3.26. The average molecular weight is 285 g/mol. The Morgan fingerprint density at radius 3 is 2.79 bits per heavy atom. The second-order valence-electron chi connectivity index (χ2n) is 5.74. The van der Waals surface area contributed by atoms with Crippen LogP contribution in [0, 0.1) is 11.3 Å². The van der Waals surface area contributed by atoms with E-state index in [1.807, 2.05) is 7.05 Å². The highest BCUT2D eigenvalue weighted by molar-refractivity contribution is 7.91. The Labute approximate surface area is 115 Å². The number of sulfone groups is 1. The van der Waals surface area contributed by atoms with Crippen LogP contribution in [-0.2, 0) is 9.84 Å². The Morgan fingerprint density at radius 2 is 2.11 bits per heavy atom. The molecule has 1 saturated carbocycles. The molecule has 1 heterocycles. The Balaban J connectivity index is 2.04. The molecule has 1 aliphatic heterocycles. The van der Waals surface area contributed by atoms with Gasteiger partial charge >= 0.3 is 0 Å². The zero-order valence-corrected chi connectivity index (χ0v) is 12.4. The molecule has 0 amide bonds. The van der Waals surface area contributed by atoms with E-state index in [4.69, 9.17) is 0 Å². The molecular weight excluding hydrogens is 262 g/mol. The first kappa shape index (κ1) is 14.8. The molecule has 2 rings (SSSR count). The monoisotopic (exact) mass is 285 g/mol. The highest BCUT2D eigenvalue weighted by Gasteiger charge is 2.38. The van der Waals surface area contributed by atoms with E-state index in [0.29, 0.717) is 18.3 Å². The van der Waals surface area contributed by atoms with Crippen molar-refractivity contribution in [3.8, 4) is 6.07 Å². The van der Waals surface area contributed by atoms with Crippen LogP contribution in [0.1, 0.15) is 32.1 Å². The third-order valence-electron chi connectivity index (χ3n) is 4.52. The Morgan fingerprint density at radius 1 is 1.32 bits per heavy atom. The van der Waals surface area contributed by atoms with E-state index >= 15 is 0 Å². The Kier molecular flexibility index (Phi) is 4.49. The minimum absolute atomic E-state index is 0.266. The first-order valence-corrected chi connectivity index (χ1v) is 8.87. The van der Waals surface area contributed by atoms with Crippen molar-refractivity contribution < 1.29 is 8.42 Å². The molecule has 108 valence electrons. The quantitative estimate of drug-likeness (QED) is 0.801. The zero-order chi connectivity index (χ0) is 13.9. The van der Waals surface area contributed by atoms with Crippen molar-refractivity contribution >= 4 is 9.84 Å². The van der Waals surface area contributed by atoms with Crippen molar-refractivity contribution in [3.63, 3.8) is 0 Å². The molecule has 0 aromatic carbocycles. The maximum Gasteiger partial charge on any atom is 0.151 e. The molecular formula is C13H23N3O2S. The number of hydrogen-bond acceptors (Lipinski definition) is 5. The predicted octanol–water partition coefficient (Wildman–Crippen LogP) is 0.531. The largest absolute Gasteiger partial charge is 0.302 e. The number of nitrogens with one attached hydrogen (secondary N) is 1. The first-order chi connectivity index (χ1) is 9.00. The minimum atomic E-state index is -2.85. The number of hydrogen-bond donors (Lipinski definition) is 1. The van der Waals surface area contributed by atoms with Crippen molar-refractivity contribution in [1.82, 2.24) is 10.2 Å². The van der Waals surface area contributed by atoms with E-state index < -0.39 is 15.4 Å². The molecule has 5 nitrogen and oxygen atoms in total. The van der Waals surface area contributed by atoms with Gasteiger partial charge in [-0.25, -0.2) is 8.42 Å². The lowest BCUT2D eigenvalue weighted by Gasteiger charge is -2.40. The smallest absolute Gasteiger partial charge is 0.151 e. The van der Waals surface area contributed by atoms with E-state index in [-0.39, 0.29) is 5.75 Å². The van der Waals surface area contributed by atoms with Crippen LogP contribution in [0.25, 0.3) is 0 Å². The highest BCUT2D eigenvalue weighted by Crippen LogP contribution is 2.31. The molecule has 1 aliphatic carbocycles. The predicted molar refractivity (Wildman–Crippen MR) is 74.5 cm³/mol. The second kappa shape index (κ2) is 5.78. The third-order valence-corrected chi connectivity index (χ3v) is 6.24. The molecule has 2 unspecified atom stereocenters. The van der Waals surface area contributed by atoms with Crippen molar-refractivity contribution in [3.05, 3.63) is 0 Å². The van der Waals surface area contributed by atoms with Gasteiger partial charge < -0.3 is 5.32 Å². The van der Waals surface area contributed by atoms with Crippen LogP contribution in [0.5, 0.6) is 0 Å². The van der Waals surface area contributed by atoms with E-state index in [1.54, 1.807) is 0 Å². The maximum atomic E-state index is 11.6. The molecule has 0 bridgehead atoms. The summed E-state index contributed by atoms with van der Waals surface area (Å²) in [6.45, 7) is 1.47. The SMILES string of the molecule is CNC1(C#N)CCCC(N2CCCS(=O)(=O)CC2)C1. The van der Waals surface area contributed by atoms with Crippen LogP contribution in [0.15, 0.2) is 0 Å². The molecule has 2 aliphatic rings. The highest BCUT2D eigenvalue weighted by atomic mass is 32.2. The van der Waals surface area contributed by atoms with Gasteiger partial charge in [-0.05, 0) is 45.7 Å². The van der Waals surface area contributed by atoms with Gasteiger partial charge in [0.05, 0.1) is 17.6 Å². The standard InChI is InChI=1S/C13H23N3O2S/c1-15-13(11-14)5-2-4-12(10-13)16-6-3-8-19(17,18)9-7-16/h12,15H,2-10H2,1H3. The van der Waals surface area contributed by atoms with Crippen LogP contribution in [0.2, 0.25) is 0 Å². The average Bonchev–Trinajstić information content (AvgIpc) is 2.60. The van der Waals surface area contributed by atoms with Crippen LogP contribution in [-0.4, -0.2) is 56.5 Å². The normalized spacial score (nSPS) is 36.3. The zero-order valence-electron chi connectivity index (χ0n) is 11.6. The van der Waals surface area contributed by atoms with Gasteiger partial charge in [0.25, 0.3) is 0 Å².